The molecule has 1 aromatic heterocycles. The van der Waals surface area contributed by atoms with Crippen LogP contribution in [-0.2, 0) is 4.79 Å². The minimum atomic E-state index is -0.340. The number of nitrogens with one attached hydrogen (secondary N) is 2. The van der Waals surface area contributed by atoms with E-state index in [1.54, 1.807) is 18.2 Å². The van der Waals surface area contributed by atoms with Gasteiger partial charge in [-0.25, -0.2) is 4.39 Å². The first kappa shape index (κ1) is 18.1. The Hall–Kier alpha value is -1.67. The van der Waals surface area contributed by atoms with Gasteiger partial charge in [-0.3, -0.25) is 4.79 Å². The molecule has 5 nitrogen and oxygen atoms in total. The number of thioether (sulfide) groups is 1. The van der Waals surface area contributed by atoms with Crippen molar-refractivity contribution in [2.75, 3.05) is 11.1 Å². The van der Waals surface area contributed by atoms with Gasteiger partial charge in [0.1, 0.15) is 5.82 Å². The zero-order chi connectivity index (χ0) is 17.6. The summed E-state index contributed by atoms with van der Waals surface area (Å²) >= 11 is 2.66. The number of carbonyl (C=O) groups is 1. The normalized spacial score (nSPS) is 20.2. The molecular weight excluding hydrogens is 359 g/mol. The molecule has 8 heteroatoms. The lowest BCUT2D eigenvalue weighted by atomic mass is 9.86. The van der Waals surface area contributed by atoms with Gasteiger partial charge >= 0.3 is 0 Å². The molecule has 0 radical (unpaired) electrons. The molecule has 1 saturated carbocycles. The fourth-order valence-corrected chi connectivity index (χ4v) is 4.48. The largest absolute Gasteiger partial charge is 0.352 e. The summed E-state index contributed by atoms with van der Waals surface area (Å²) in [7, 11) is 0. The monoisotopic (exact) mass is 380 g/mol. The van der Waals surface area contributed by atoms with Crippen LogP contribution in [0.15, 0.2) is 28.6 Å². The third kappa shape index (κ3) is 5.15. The summed E-state index contributed by atoms with van der Waals surface area (Å²) in [5.74, 6) is 0.550. The molecule has 3 rings (SSSR count). The number of hydrogen-bond donors (Lipinski definition) is 2. The van der Waals surface area contributed by atoms with Crippen molar-refractivity contribution in [1.29, 1.82) is 0 Å². The zero-order valence-electron chi connectivity index (χ0n) is 14.0. The Bertz CT molecular complexity index is 724. The van der Waals surface area contributed by atoms with Gasteiger partial charge in [-0.2, -0.15) is 0 Å². The third-order valence-corrected chi connectivity index (χ3v) is 6.28. The van der Waals surface area contributed by atoms with E-state index < -0.39 is 0 Å². The van der Waals surface area contributed by atoms with Crippen molar-refractivity contribution in [3.05, 3.63) is 30.1 Å². The first-order valence-corrected chi connectivity index (χ1v) is 10.2. The maximum absolute atomic E-state index is 13.6. The van der Waals surface area contributed by atoms with Gasteiger partial charge in [0.2, 0.25) is 11.0 Å². The van der Waals surface area contributed by atoms with Crippen LogP contribution in [0.5, 0.6) is 0 Å². The van der Waals surface area contributed by atoms with E-state index in [2.05, 4.69) is 27.8 Å². The van der Waals surface area contributed by atoms with E-state index in [0.29, 0.717) is 26.8 Å². The highest BCUT2D eigenvalue weighted by molar-refractivity contribution is 8.01. The first-order chi connectivity index (χ1) is 12.1. The lowest BCUT2D eigenvalue weighted by Gasteiger charge is -2.29. The maximum atomic E-state index is 13.6. The summed E-state index contributed by atoms with van der Waals surface area (Å²) in [6.45, 7) is 2.20. The van der Waals surface area contributed by atoms with Crippen molar-refractivity contribution >= 4 is 39.8 Å². The molecule has 0 unspecified atom stereocenters. The number of nitrogens with zero attached hydrogens (tertiary/aromatic N) is 2. The Morgan fingerprint density at radius 2 is 2.12 bits per heavy atom. The molecule has 134 valence electrons. The number of benzene rings is 1. The second-order valence-corrected chi connectivity index (χ2v) is 8.40. The average molecular weight is 381 g/mol. The summed E-state index contributed by atoms with van der Waals surface area (Å²) in [5, 5.41) is 14.6. The van der Waals surface area contributed by atoms with E-state index in [1.807, 2.05) is 0 Å². The van der Waals surface area contributed by atoms with E-state index in [9.17, 15) is 9.18 Å². The first-order valence-electron chi connectivity index (χ1n) is 8.39. The van der Waals surface area contributed by atoms with Crippen LogP contribution >= 0.6 is 23.1 Å². The summed E-state index contributed by atoms with van der Waals surface area (Å²) in [4.78, 5) is 12.1. The lowest BCUT2D eigenvalue weighted by Crippen LogP contribution is -2.41. The number of hydrogen-bond acceptors (Lipinski definition) is 6. The second-order valence-electron chi connectivity index (χ2n) is 6.20. The van der Waals surface area contributed by atoms with Crippen molar-refractivity contribution in [2.45, 2.75) is 43.0 Å². The van der Waals surface area contributed by atoms with Gasteiger partial charge in [0.25, 0.3) is 0 Å². The Balaban J connectivity index is 1.48. The lowest BCUT2D eigenvalue weighted by molar-refractivity contribution is -0.119. The van der Waals surface area contributed by atoms with Crippen molar-refractivity contribution < 1.29 is 9.18 Å². The minimum absolute atomic E-state index is 0.0302. The van der Waals surface area contributed by atoms with Crippen LogP contribution < -0.4 is 10.6 Å². The van der Waals surface area contributed by atoms with Crippen molar-refractivity contribution in [1.82, 2.24) is 15.5 Å². The molecule has 1 fully saturated rings. The van der Waals surface area contributed by atoms with Crippen LogP contribution in [0.2, 0.25) is 0 Å². The molecule has 2 aromatic rings. The van der Waals surface area contributed by atoms with Crippen molar-refractivity contribution in [3.63, 3.8) is 0 Å². The van der Waals surface area contributed by atoms with Crippen LogP contribution in [0.4, 0.5) is 15.2 Å². The number of halogens is 1. The fraction of sp³-hybridized carbons (Fsp3) is 0.471. The molecule has 2 atom stereocenters. The molecule has 1 heterocycles. The van der Waals surface area contributed by atoms with E-state index in [1.165, 1.54) is 48.4 Å². The fourth-order valence-electron chi connectivity index (χ4n) is 2.90. The predicted molar refractivity (Wildman–Crippen MR) is 99.9 cm³/mol. The topological polar surface area (TPSA) is 66.9 Å². The Kier molecular flexibility index (Phi) is 6.25. The van der Waals surface area contributed by atoms with Crippen LogP contribution in [-0.4, -0.2) is 27.9 Å². The highest BCUT2D eigenvalue weighted by Crippen LogP contribution is 2.29. The van der Waals surface area contributed by atoms with Gasteiger partial charge in [-0.1, -0.05) is 55.0 Å². The highest BCUT2D eigenvalue weighted by Gasteiger charge is 2.22. The smallest absolute Gasteiger partial charge is 0.230 e. The molecule has 1 aliphatic rings. The minimum Gasteiger partial charge on any atom is -0.352 e. The predicted octanol–water partition coefficient (Wildman–Crippen LogP) is 4.21. The molecular formula is C17H21FN4OS2. The Labute approximate surface area is 154 Å². The zero-order valence-corrected chi connectivity index (χ0v) is 15.6. The summed E-state index contributed by atoms with van der Waals surface area (Å²) in [6.07, 6.45) is 4.68. The van der Waals surface area contributed by atoms with Gasteiger partial charge in [0.15, 0.2) is 4.34 Å². The van der Waals surface area contributed by atoms with E-state index in [-0.39, 0.29) is 17.8 Å². The quantitative estimate of drug-likeness (QED) is 0.735. The molecule has 25 heavy (non-hydrogen) atoms. The molecule has 0 bridgehead atoms. The van der Waals surface area contributed by atoms with E-state index in [0.717, 1.165) is 6.42 Å². The van der Waals surface area contributed by atoms with Gasteiger partial charge in [-0.15, -0.1) is 10.2 Å². The SMILES string of the molecule is C[C@@H]1CCCC[C@H]1NC(=O)CSc1nnc(Nc2ccccc2F)s1. The van der Waals surface area contributed by atoms with Crippen LogP contribution in [0.25, 0.3) is 0 Å². The number of amides is 1. The summed E-state index contributed by atoms with van der Waals surface area (Å²) in [6, 6.07) is 6.69. The van der Waals surface area contributed by atoms with Crippen LogP contribution in [0.1, 0.15) is 32.6 Å². The second kappa shape index (κ2) is 8.62. The van der Waals surface area contributed by atoms with Gasteiger partial charge in [-0.05, 0) is 30.9 Å². The molecule has 0 saturated heterocycles. The Morgan fingerprint density at radius 3 is 2.92 bits per heavy atom. The molecule has 1 amide bonds. The Morgan fingerprint density at radius 1 is 1.32 bits per heavy atom. The average Bonchev–Trinajstić information content (AvgIpc) is 3.05. The number of aromatic nitrogens is 2. The summed E-state index contributed by atoms with van der Waals surface area (Å²) in [5.41, 5.74) is 0.360. The van der Waals surface area contributed by atoms with E-state index in [4.69, 9.17) is 0 Å². The number of carbonyl (C=O) groups excluding carboxylic acids is 1. The van der Waals surface area contributed by atoms with Crippen LogP contribution in [0, 0.1) is 11.7 Å². The standard InChI is InChI=1S/C17H21FN4OS2/c1-11-6-2-4-8-13(11)19-15(23)10-24-17-22-21-16(25-17)20-14-9-5-3-7-12(14)18/h3,5,7,9,11,13H,2,4,6,8,10H2,1H3,(H,19,23)(H,20,21)/t11-,13-/m1/s1. The van der Waals surface area contributed by atoms with Crippen LogP contribution in [0.3, 0.4) is 0 Å². The summed E-state index contributed by atoms with van der Waals surface area (Å²) < 4.78 is 14.3. The third-order valence-electron chi connectivity index (χ3n) is 4.31. The maximum Gasteiger partial charge on any atom is 0.230 e. The molecule has 2 N–H and O–H groups in total. The van der Waals surface area contributed by atoms with Gasteiger partial charge in [0, 0.05) is 6.04 Å². The highest BCUT2D eigenvalue weighted by atomic mass is 32.2. The van der Waals surface area contributed by atoms with Gasteiger partial charge in [0.05, 0.1) is 11.4 Å². The number of rotatable bonds is 6. The number of para-hydroxylation sites is 1. The van der Waals surface area contributed by atoms with Crippen molar-refractivity contribution in [2.24, 2.45) is 5.92 Å². The molecule has 0 aliphatic heterocycles. The molecule has 1 aromatic carbocycles. The molecule has 0 spiro atoms. The van der Waals surface area contributed by atoms with Gasteiger partial charge < -0.3 is 10.6 Å². The molecule has 1 aliphatic carbocycles. The van der Waals surface area contributed by atoms with Crippen molar-refractivity contribution in [3.8, 4) is 0 Å². The number of anilines is 2. The van der Waals surface area contributed by atoms with E-state index >= 15 is 0 Å².